The normalized spacial score (nSPS) is 9.67. The molecule has 0 saturated carbocycles. The molecular formula is C11H17N5O2. The second-order valence-electron chi connectivity index (χ2n) is 3.51. The summed E-state index contributed by atoms with van der Waals surface area (Å²) < 4.78 is 0. The first-order valence-corrected chi connectivity index (χ1v) is 5.66. The Labute approximate surface area is 105 Å². The predicted molar refractivity (Wildman–Crippen MR) is 67.7 cm³/mol. The molecule has 1 heterocycles. The topological polar surface area (TPSA) is 109 Å². The fraction of sp³-hybridized carbons (Fsp3) is 0.364. The molecule has 0 aliphatic heterocycles. The van der Waals surface area contributed by atoms with E-state index in [0.29, 0.717) is 12.4 Å². The van der Waals surface area contributed by atoms with E-state index in [4.69, 9.17) is 5.84 Å². The molecule has 98 valence electrons. The van der Waals surface area contributed by atoms with E-state index in [1.165, 1.54) is 0 Å². The molecule has 0 unspecified atom stereocenters. The van der Waals surface area contributed by atoms with Crippen LogP contribution in [0.1, 0.15) is 23.8 Å². The molecule has 1 aromatic rings. The zero-order chi connectivity index (χ0) is 13.4. The highest BCUT2D eigenvalue weighted by Crippen LogP contribution is 2.02. The predicted octanol–water partition coefficient (Wildman–Crippen LogP) is -0.377. The third-order valence-electron chi connectivity index (χ3n) is 2.14. The van der Waals surface area contributed by atoms with Crippen molar-refractivity contribution in [1.29, 1.82) is 0 Å². The highest BCUT2D eigenvalue weighted by atomic mass is 16.2. The average Bonchev–Trinajstić information content (AvgIpc) is 2.39. The molecule has 1 rings (SSSR count). The van der Waals surface area contributed by atoms with Gasteiger partial charge < -0.3 is 16.1 Å². The second-order valence-corrected chi connectivity index (χ2v) is 3.51. The first-order valence-electron chi connectivity index (χ1n) is 5.66. The molecule has 0 fully saturated rings. The number of hydrogen-bond donors (Lipinski definition) is 4. The number of hydrazine groups is 1. The summed E-state index contributed by atoms with van der Waals surface area (Å²) in [6.07, 6.45) is 0.244. The highest BCUT2D eigenvalue weighted by Gasteiger charge is 2.08. The van der Waals surface area contributed by atoms with Crippen LogP contribution in [0.5, 0.6) is 0 Å². The number of amides is 2. The van der Waals surface area contributed by atoms with Gasteiger partial charge in [0.1, 0.15) is 11.5 Å². The van der Waals surface area contributed by atoms with Gasteiger partial charge in [-0.3, -0.25) is 9.59 Å². The van der Waals surface area contributed by atoms with E-state index in [9.17, 15) is 9.59 Å². The van der Waals surface area contributed by atoms with E-state index in [0.717, 1.165) is 0 Å². The number of carbonyl (C=O) groups excluding carboxylic acids is 2. The van der Waals surface area contributed by atoms with Crippen LogP contribution in [0.25, 0.3) is 0 Å². The van der Waals surface area contributed by atoms with Gasteiger partial charge in [-0.2, -0.15) is 0 Å². The molecule has 1 aromatic heterocycles. The van der Waals surface area contributed by atoms with E-state index in [1.807, 2.05) is 6.92 Å². The standard InChI is InChI=1S/C11H17N5O2/c1-2-13-10(17)6-7-14-11(18)8-4-3-5-9(15-8)16-12/h3-5H,2,6-7,12H2,1H3,(H,13,17)(H,14,18)(H,15,16). The van der Waals surface area contributed by atoms with Crippen molar-refractivity contribution in [3.05, 3.63) is 23.9 Å². The Morgan fingerprint density at radius 3 is 2.78 bits per heavy atom. The Morgan fingerprint density at radius 2 is 2.11 bits per heavy atom. The summed E-state index contributed by atoms with van der Waals surface area (Å²) in [4.78, 5) is 26.8. The summed E-state index contributed by atoms with van der Waals surface area (Å²) in [5.41, 5.74) is 2.61. The van der Waals surface area contributed by atoms with Gasteiger partial charge in [-0.1, -0.05) is 6.07 Å². The third kappa shape index (κ3) is 4.38. The molecular weight excluding hydrogens is 234 g/mol. The monoisotopic (exact) mass is 251 g/mol. The van der Waals surface area contributed by atoms with Gasteiger partial charge in [-0.15, -0.1) is 0 Å². The Kier molecular flexibility index (Phi) is 5.59. The second kappa shape index (κ2) is 7.23. The molecule has 0 saturated heterocycles. The number of nitrogens with zero attached hydrogens (tertiary/aromatic N) is 1. The van der Waals surface area contributed by atoms with Crippen molar-refractivity contribution in [2.45, 2.75) is 13.3 Å². The summed E-state index contributed by atoms with van der Waals surface area (Å²) in [6, 6.07) is 4.88. The zero-order valence-electron chi connectivity index (χ0n) is 10.2. The van der Waals surface area contributed by atoms with Crippen molar-refractivity contribution in [2.75, 3.05) is 18.5 Å². The van der Waals surface area contributed by atoms with Crippen LogP contribution in [0, 0.1) is 0 Å². The summed E-state index contributed by atoms with van der Waals surface area (Å²) in [5, 5.41) is 5.25. The minimum absolute atomic E-state index is 0.0943. The number of rotatable bonds is 6. The van der Waals surface area contributed by atoms with Crippen LogP contribution >= 0.6 is 0 Å². The maximum Gasteiger partial charge on any atom is 0.269 e. The minimum atomic E-state index is -0.337. The smallest absolute Gasteiger partial charge is 0.269 e. The van der Waals surface area contributed by atoms with E-state index in [-0.39, 0.29) is 30.5 Å². The molecule has 0 atom stereocenters. The van der Waals surface area contributed by atoms with E-state index >= 15 is 0 Å². The van der Waals surface area contributed by atoms with Crippen molar-refractivity contribution in [3.8, 4) is 0 Å². The molecule has 0 aliphatic rings. The molecule has 0 aliphatic carbocycles. The molecule has 0 radical (unpaired) electrons. The highest BCUT2D eigenvalue weighted by molar-refractivity contribution is 5.92. The van der Waals surface area contributed by atoms with Crippen LogP contribution in [0.3, 0.4) is 0 Å². The van der Waals surface area contributed by atoms with Crippen LogP contribution in [-0.2, 0) is 4.79 Å². The number of anilines is 1. The molecule has 5 N–H and O–H groups in total. The molecule has 0 spiro atoms. The van der Waals surface area contributed by atoms with Crippen molar-refractivity contribution >= 4 is 17.6 Å². The fourth-order valence-electron chi connectivity index (χ4n) is 1.31. The first kappa shape index (κ1) is 13.9. The third-order valence-corrected chi connectivity index (χ3v) is 2.14. The summed E-state index contributed by atoms with van der Waals surface area (Å²) in [6.45, 7) is 2.69. The number of nitrogen functional groups attached to an aromatic ring is 1. The van der Waals surface area contributed by atoms with Crippen LogP contribution in [-0.4, -0.2) is 29.9 Å². The van der Waals surface area contributed by atoms with Crippen LogP contribution in [0.4, 0.5) is 5.82 Å². The Morgan fingerprint density at radius 1 is 1.33 bits per heavy atom. The maximum atomic E-state index is 11.7. The number of carbonyl (C=O) groups is 2. The van der Waals surface area contributed by atoms with Crippen molar-refractivity contribution < 1.29 is 9.59 Å². The lowest BCUT2D eigenvalue weighted by Gasteiger charge is -2.06. The van der Waals surface area contributed by atoms with E-state index < -0.39 is 0 Å². The average molecular weight is 251 g/mol. The molecule has 2 amide bonds. The summed E-state index contributed by atoms with van der Waals surface area (Å²) >= 11 is 0. The van der Waals surface area contributed by atoms with Gasteiger partial charge in [0, 0.05) is 19.5 Å². The Balaban J connectivity index is 2.42. The molecule has 0 aromatic carbocycles. The van der Waals surface area contributed by atoms with Crippen LogP contribution in [0.15, 0.2) is 18.2 Å². The van der Waals surface area contributed by atoms with Gasteiger partial charge >= 0.3 is 0 Å². The number of nitrogens with two attached hydrogens (primary N) is 1. The summed E-state index contributed by atoms with van der Waals surface area (Å²) in [5.74, 6) is 5.17. The van der Waals surface area contributed by atoms with Gasteiger partial charge in [0.05, 0.1) is 0 Å². The lowest BCUT2D eigenvalue weighted by molar-refractivity contribution is -0.120. The zero-order valence-corrected chi connectivity index (χ0v) is 10.2. The van der Waals surface area contributed by atoms with Gasteiger partial charge in [0.2, 0.25) is 5.91 Å². The molecule has 7 nitrogen and oxygen atoms in total. The van der Waals surface area contributed by atoms with Gasteiger partial charge in [0.25, 0.3) is 5.91 Å². The van der Waals surface area contributed by atoms with Gasteiger partial charge in [-0.25, -0.2) is 10.8 Å². The van der Waals surface area contributed by atoms with Gasteiger partial charge in [0.15, 0.2) is 0 Å². The fourth-order valence-corrected chi connectivity index (χ4v) is 1.31. The van der Waals surface area contributed by atoms with Crippen molar-refractivity contribution in [3.63, 3.8) is 0 Å². The van der Waals surface area contributed by atoms with Crippen molar-refractivity contribution in [1.82, 2.24) is 15.6 Å². The Bertz CT molecular complexity index is 422. The van der Waals surface area contributed by atoms with Gasteiger partial charge in [-0.05, 0) is 19.1 Å². The molecule has 18 heavy (non-hydrogen) atoms. The lowest BCUT2D eigenvalue weighted by atomic mass is 10.3. The van der Waals surface area contributed by atoms with Crippen LogP contribution < -0.4 is 21.9 Å². The van der Waals surface area contributed by atoms with E-state index in [1.54, 1.807) is 18.2 Å². The largest absolute Gasteiger partial charge is 0.356 e. The summed E-state index contributed by atoms with van der Waals surface area (Å²) in [7, 11) is 0. The lowest BCUT2D eigenvalue weighted by Crippen LogP contribution is -2.31. The molecule has 0 bridgehead atoms. The van der Waals surface area contributed by atoms with Crippen molar-refractivity contribution in [2.24, 2.45) is 5.84 Å². The first-order chi connectivity index (χ1) is 8.67. The van der Waals surface area contributed by atoms with E-state index in [2.05, 4.69) is 21.0 Å². The SMILES string of the molecule is CCNC(=O)CCNC(=O)c1cccc(NN)n1. The maximum absolute atomic E-state index is 11.7. The molecule has 7 heteroatoms. The number of pyridine rings is 1. The number of hydrogen-bond acceptors (Lipinski definition) is 5. The van der Waals surface area contributed by atoms with Crippen LogP contribution in [0.2, 0.25) is 0 Å². The number of nitrogens with one attached hydrogen (secondary N) is 3. The minimum Gasteiger partial charge on any atom is -0.356 e. The quantitative estimate of drug-likeness (QED) is 0.407. The Hall–Kier alpha value is -2.15. The number of aromatic nitrogens is 1.